The Morgan fingerprint density at radius 2 is 1.93 bits per heavy atom. The average molecular weight is 235 g/mol. The smallest absolute Gasteiger partial charge is 0.165 e. The second-order valence-corrected chi connectivity index (χ2v) is 5.27. The predicted molar refractivity (Wildman–Crippen MR) is 68.7 cm³/mol. The van der Waals surface area contributed by atoms with Crippen molar-refractivity contribution in [1.82, 2.24) is 4.57 Å². The van der Waals surface area contributed by atoms with E-state index in [2.05, 4.69) is 48.9 Å². The third-order valence-electron chi connectivity index (χ3n) is 2.46. The first-order valence-electron chi connectivity index (χ1n) is 4.84. The predicted octanol–water partition coefficient (Wildman–Crippen LogP) is 4.19. The normalized spacial score (nSPS) is 10.6. The maximum atomic E-state index is 5.33. The Morgan fingerprint density at radius 3 is 2.47 bits per heavy atom. The van der Waals surface area contributed by atoms with Crippen molar-refractivity contribution in [2.24, 2.45) is 0 Å². The van der Waals surface area contributed by atoms with Crippen LogP contribution in [0, 0.1) is 24.7 Å². The molecule has 0 N–H and O–H groups in total. The maximum Gasteiger partial charge on any atom is 0.165 e. The summed E-state index contributed by atoms with van der Waals surface area (Å²) in [5, 5.41) is 2.10. The summed E-state index contributed by atoms with van der Waals surface area (Å²) >= 11 is 6.95. The number of nitrogens with zero attached hydrogens (tertiary/aromatic N) is 1. The van der Waals surface area contributed by atoms with Crippen LogP contribution >= 0.6 is 23.6 Å². The molecule has 1 aromatic carbocycles. The van der Waals surface area contributed by atoms with E-state index in [4.69, 9.17) is 12.2 Å². The number of hydrogen-bond acceptors (Lipinski definition) is 2. The Kier molecular flexibility index (Phi) is 2.76. The molecule has 3 heteroatoms. The Bertz CT molecular complexity index is 549. The van der Waals surface area contributed by atoms with Crippen LogP contribution in [0.2, 0.25) is 0 Å². The van der Waals surface area contributed by atoms with Crippen molar-refractivity contribution in [1.29, 1.82) is 0 Å². The zero-order valence-corrected chi connectivity index (χ0v) is 10.7. The van der Waals surface area contributed by atoms with E-state index >= 15 is 0 Å². The minimum Gasteiger partial charge on any atom is -0.296 e. The zero-order valence-electron chi connectivity index (χ0n) is 9.07. The van der Waals surface area contributed by atoms with E-state index < -0.39 is 0 Å². The summed E-state index contributed by atoms with van der Waals surface area (Å²) in [5.41, 5.74) is 4.96. The molecule has 0 fully saturated rings. The van der Waals surface area contributed by atoms with Crippen molar-refractivity contribution in [2.45, 2.75) is 20.8 Å². The third kappa shape index (κ3) is 1.90. The van der Waals surface area contributed by atoms with Crippen molar-refractivity contribution >= 4 is 23.6 Å². The Hall–Kier alpha value is -0.930. The first-order chi connectivity index (χ1) is 7.09. The van der Waals surface area contributed by atoms with Gasteiger partial charge in [0.25, 0.3) is 0 Å². The second-order valence-electron chi connectivity index (χ2n) is 3.77. The van der Waals surface area contributed by atoms with Crippen LogP contribution in [0.4, 0.5) is 0 Å². The molecule has 15 heavy (non-hydrogen) atoms. The SMILES string of the molecule is Cc1ccc(-n2c(C)csc2=S)c(C)c1. The highest BCUT2D eigenvalue weighted by molar-refractivity contribution is 7.73. The molecule has 0 spiro atoms. The summed E-state index contributed by atoms with van der Waals surface area (Å²) in [6.07, 6.45) is 0. The molecule has 0 aliphatic rings. The molecule has 2 rings (SSSR count). The van der Waals surface area contributed by atoms with E-state index in [0.29, 0.717) is 0 Å². The maximum absolute atomic E-state index is 5.33. The standard InChI is InChI=1S/C12H13NS2/c1-8-4-5-11(9(2)6-8)13-10(3)7-15-12(13)14/h4-7H,1-3H3. The molecule has 0 radical (unpaired) electrons. The fourth-order valence-electron chi connectivity index (χ4n) is 1.73. The zero-order chi connectivity index (χ0) is 11.0. The van der Waals surface area contributed by atoms with Gasteiger partial charge in [-0.3, -0.25) is 4.57 Å². The summed E-state index contributed by atoms with van der Waals surface area (Å²) in [4.78, 5) is 0. The molecule has 1 aromatic heterocycles. The van der Waals surface area contributed by atoms with Crippen molar-refractivity contribution in [3.63, 3.8) is 0 Å². The number of hydrogen-bond donors (Lipinski definition) is 0. The molecule has 0 amide bonds. The lowest BCUT2D eigenvalue weighted by atomic mass is 10.1. The van der Waals surface area contributed by atoms with Gasteiger partial charge in [0.1, 0.15) is 0 Å². The Labute approximate surface area is 99.0 Å². The minimum atomic E-state index is 0.916. The van der Waals surface area contributed by atoms with Crippen LogP contribution in [0.25, 0.3) is 5.69 Å². The molecule has 0 atom stereocenters. The molecular weight excluding hydrogens is 222 g/mol. The van der Waals surface area contributed by atoms with Crippen molar-refractivity contribution < 1.29 is 0 Å². The minimum absolute atomic E-state index is 0.916. The van der Waals surface area contributed by atoms with Crippen LogP contribution in [-0.4, -0.2) is 4.57 Å². The summed E-state index contributed by atoms with van der Waals surface area (Å²) in [5.74, 6) is 0. The molecule has 1 nitrogen and oxygen atoms in total. The summed E-state index contributed by atoms with van der Waals surface area (Å²) < 4.78 is 3.05. The van der Waals surface area contributed by atoms with Crippen LogP contribution in [0.5, 0.6) is 0 Å². The molecule has 78 valence electrons. The van der Waals surface area contributed by atoms with E-state index in [1.54, 1.807) is 11.3 Å². The van der Waals surface area contributed by atoms with E-state index in [9.17, 15) is 0 Å². The topological polar surface area (TPSA) is 4.93 Å². The van der Waals surface area contributed by atoms with Crippen LogP contribution in [0.1, 0.15) is 16.8 Å². The first kappa shape index (κ1) is 10.6. The van der Waals surface area contributed by atoms with Gasteiger partial charge in [0.05, 0.1) is 5.69 Å². The number of aromatic nitrogens is 1. The third-order valence-corrected chi connectivity index (χ3v) is 3.77. The quantitative estimate of drug-likeness (QED) is 0.671. The van der Waals surface area contributed by atoms with E-state index in [0.717, 1.165) is 3.95 Å². The number of aryl methyl sites for hydroxylation is 3. The van der Waals surface area contributed by atoms with Gasteiger partial charge in [0.15, 0.2) is 3.95 Å². The number of benzene rings is 1. The molecule has 0 bridgehead atoms. The summed E-state index contributed by atoms with van der Waals surface area (Å²) in [7, 11) is 0. The molecule has 2 aromatic rings. The van der Waals surface area contributed by atoms with Gasteiger partial charge >= 0.3 is 0 Å². The number of thiazole rings is 1. The Morgan fingerprint density at radius 1 is 1.20 bits per heavy atom. The van der Waals surface area contributed by atoms with Crippen LogP contribution < -0.4 is 0 Å². The summed E-state index contributed by atoms with van der Waals surface area (Å²) in [6, 6.07) is 6.45. The van der Waals surface area contributed by atoms with Crippen LogP contribution in [0.3, 0.4) is 0 Å². The molecule has 1 heterocycles. The fraction of sp³-hybridized carbons (Fsp3) is 0.250. The lowest BCUT2D eigenvalue weighted by Crippen LogP contribution is -1.98. The molecule has 0 saturated carbocycles. The van der Waals surface area contributed by atoms with Crippen molar-refractivity contribution in [3.8, 4) is 5.69 Å². The van der Waals surface area contributed by atoms with Crippen molar-refractivity contribution in [2.75, 3.05) is 0 Å². The van der Waals surface area contributed by atoms with Crippen molar-refractivity contribution in [3.05, 3.63) is 44.4 Å². The molecule has 0 saturated heterocycles. The number of rotatable bonds is 1. The average Bonchev–Trinajstić information content (AvgIpc) is 2.48. The molecule has 0 unspecified atom stereocenters. The van der Waals surface area contributed by atoms with Gasteiger partial charge in [-0.15, -0.1) is 11.3 Å². The van der Waals surface area contributed by atoms with Crippen LogP contribution in [-0.2, 0) is 0 Å². The largest absolute Gasteiger partial charge is 0.296 e. The van der Waals surface area contributed by atoms with E-state index in [1.807, 2.05) is 0 Å². The highest BCUT2D eigenvalue weighted by Crippen LogP contribution is 2.21. The highest BCUT2D eigenvalue weighted by atomic mass is 32.1. The summed E-state index contributed by atoms with van der Waals surface area (Å²) in [6.45, 7) is 6.32. The highest BCUT2D eigenvalue weighted by Gasteiger charge is 2.05. The van der Waals surface area contributed by atoms with Gasteiger partial charge in [-0.05, 0) is 44.6 Å². The molecule has 0 aliphatic heterocycles. The van der Waals surface area contributed by atoms with E-state index in [-0.39, 0.29) is 0 Å². The second kappa shape index (κ2) is 3.91. The van der Waals surface area contributed by atoms with Gasteiger partial charge in [0.2, 0.25) is 0 Å². The lowest BCUT2D eigenvalue weighted by molar-refractivity contribution is 0.990. The molecule has 0 aliphatic carbocycles. The van der Waals surface area contributed by atoms with Gasteiger partial charge in [-0.25, -0.2) is 0 Å². The van der Waals surface area contributed by atoms with Gasteiger partial charge in [-0.1, -0.05) is 17.7 Å². The lowest BCUT2D eigenvalue weighted by Gasteiger charge is -2.09. The van der Waals surface area contributed by atoms with Gasteiger partial charge in [-0.2, -0.15) is 0 Å². The van der Waals surface area contributed by atoms with Gasteiger partial charge in [0, 0.05) is 11.1 Å². The fourth-order valence-corrected chi connectivity index (χ4v) is 2.84. The Balaban J connectivity index is 2.69. The van der Waals surface area contributed by atoms with E-state index in [1.165, 1.54) is 22.5 Å². The first-order valence-corrected chi connectivity index (χ1v) is 6.13. The van der Waals surface area contributed by atoms with Crippen LogP contribution in [0.15, 0.2) is 23.6 Å². The monoisotopic (exact) mass is 235 g/mol. The van der Waals surface area contributed by atoms with Gasteiger partial charge < -0.3 is 0 Å². The molecular formula is C12H13NS2.